The van der Waals surface area contributed by atoms with E-state index in [0.717, 1.165) is 38.9 Å². The number of carboxylic acid groups (broad SMARTS) is 1. The van der Waals surface area contributed by atoms with Crippen molar-refractivity contribution in [2.45, 2.75) is 38.0 Å². The molecular formula is C20H29F3N2O5S. The molecule has 2 aliphatic rings. The normalized spacial score (nSPS) is 22.2. The first kappa shape index (κ1) is 25.6. The predicted octanol–water partition coefficient (Wildman–Crippen LogP) is 2.58. The number of methoxy groups -OCH3 is 1. The van der Waals surface area contributed by atoms with Gasteiger partial charge < -0.3 is 9.84 Å². The Labute approximate surface area is 180 Å². The van der Waals surface area contributed by atoms with Crippen LogP contribution in [0.4, 0.5) is 13.2 Å². The number of piperidine rings is 1. The molecule has 3 rings (SSSR count). The molecule has 1 unspecified atom stereocenters. The molecule has 31 heavy (non-hydrogen) atoms. The van der Waals surface area contributed by atoms with Gasteiger partial charge in [-0.2, -0.15) is 17.5 Å². The summed E-state index contributed by atoms with van der Waals surface area (Å²) >= 11 is 0. The monoisotopic (exact) mass is 466 g/mol. The summed E-state index contributed by atoms with van der Waals surface area (Å²) in [5.74, 6) is -2.76. The molecule has 2 saturated heterocycles. The van der Waals surface area contributed by atoms with Crippen LogP contribution in [0.3, 0.4) is 0 Å². The SMILES string of the molecule is COCC1CC2(CCN(Cc3ccccc3)CC2)CN1S(C)(=O)=O.O=C(O)C(F)(F)F. The summed E-state index contributed by atoms with van der Waals surface area (Å²) < 4.78 is 62.9. The van der Waals surface area contributed by atoms with E-state index in [2.05, 4.69) is 29.2 Å². The van der Waals surface area contributed by atoms with Crippen molar-refractivity contribution in [3.8, 4) is 0 Å². The van der Waals surface area contributed by atoms with Gasteiger partial charge in [0.1, 0.15) is 0 Å². The third kappa shape index (κ3) is 7.44. The average Bonchev–Trinajstić information content (AvgIpc) is 3.03. The van der Waals surface area contributed by atoms with Crippen molar-refractivity contribution in [1.29, 1.82) is 0 Å². The van der Waals surface area contributed by atoms with Crippen LogP contribution < -0.4 is 0 Å². The highest BCUT2D eigenvalue weighted by Gasteiger charge is 2.48. The fourth-order valence-electron chi connectivity index (χ4n) is 4.24. The van der Waals surface area contributed by atoms with Crippen LogP contribution >= 0.6 is 0 Å². The Balaban J connectivity index is 0.000000423. The maximum absolute atomic E-state index is 12.1. The number of hydrogen-bond donors (Lipinski definition) is 1. The standard InChI is InChI=1S/C18H28N2O3S.C2HF3O2/c1-23-14-17-12-18(15-20(17)24(2,21)22)8-10-19(11-9-18)13-16-6-4-3-5-7-16;3-2(4,5)1(6)7/h3-7,17H,8-15H2,1-2H3;(H,6,7). The lowest BCUT2D eigenvalue weighted by atomic mass is 9.76. The second kappa shape index (κ2) is 10.3. The number of carboxylic acids is 1. The van der Waals surface area contributed by atoms with Crippen molar-refractivity contribution < 1.29 is 36.2 Å². The molecule has 2 fully saturated rings. The third-order valence-electron chi connectivity index (χ3n) is 5.76. The number of sulfonamides is 1. The highest BCUT2D eigenvalue weighted by molar-refractivity contribution is 7.88. The van der Waals surface area contributed by atoms with E-state index in [1.54, 1.807) is 11.4 Å². The molecule has 0 amide bonds. The summed E-state index contributed by atoms with van der Waals surface area (Å²) in [6, 6.07) is 10.5. The minimum atomic E-state index is -5.08. The smallest absolute Gasteiger partial charge is 0.475 e. The molecule has 2 heterocycles. The van der Waals surface area contributed by atoms with Crippen LogP contribution in [0.1, 0.15) is 24.8 Å². The number of aliphatic carboxylic acids is 1. The number of halogens is 3. The van der Waals surface area contributed by atoms with E-state index in [1.807, 2.05) is 6.07 Å². The van der Waals surface area contributed by atoms with Gasteiger partial charge in [-0.05, 0) is 43.3 Å². The number of alkyl halides is 3. The first-order chi connectivity index (χ1) is 14.4. The molecule has 2 aliphatic heterocycles. The van der Waals surface area contributed by atoms with Gasteiger partial charge in [0.05, 0.1) is 12.9 Å². The topological polar surface area (TPSA) is 87.2 Å². The Morgan fingerprint density at radius 2 is 1.77 bits per heavy atom. The first-order valence-electron chi connectivity index (χ1n) is 9.88. The van der Waals surface area contributed by atoms with Crippen molar-refractivity contribution in [3.63, 3.8) is 0 Å². The average molecular weight is 467 g/mol. The predicted molar refractivity (Wildman–Crippen MR) is 109 cm³/mol. The van der Waals surface area contributed by atoms with Crippen LogP contribution in [0.2, 0.25) is 0 Å². The van der Waals surface area contributed by atoms with Gasteiger partial charge in [0.25, 0.3) is 0 Å². The van der Waals surface area contributed by atoms with Gasteiger partial charge in [0, 0.05) is 26.2 Å². The summed E-state index contributed by atoms with van der Waals surface area (Å²) in [4.78, 5) is 11.4. The summed E-state index contributed by atoms with van der Waals surface area (Å²) in [5, 5.41) is 7.12. The van der Waals surface area contributed by atoms with Gasteiger partial charge in [0.15, 0.2) is 0 Å². The molecule has 0 radical (unpaired) electrons. The van der Waals surface area contributed by atoms with E-state index >= 15 is 0 Å². The maximum Gasteiger partial charge on any atom is 0.490 e. The van der Waals surface area contributed by atoms with Crippen molar-refractivity contribution in [2.24, 2.45) is 5.41 Å². The summed E-state index contributed by atoms with van der Waals surface area (Å²) in [6.45, 7) is 4.19. The van der Waals surface area contributed by atoms with Gasteiger partial charge in [0.2, 0.25) is 10.0 Å². The quantitative estimate of drug-likeness (QED) is 0.718. The number of carbonyl (C=O) groups is 1. The van der Waals surface area contributed by atoms with Gasteiger partial charge in [-0.3, -0.25) is 4.90 Å². The fourth-order valence-corrected chi connectivity index (χ4v) is 5.42. The van der Waals surface area contributed by atoms with Crippen LogP contribution in [-0.2, 0) is 26.1 Å². The van der Waals surface area contributed by atoms with Crippen LogP contribution in [0.5, 0.6) is 0 Å². The lowest BCUT2D eigenvalue weighted by Crippen LogP contribution is -2.42. The van der Waals surface area contributed by atoms with E-state index in [9.17, 15) is 21.6 Å². The zero-order chi connectivity index (χ0) is 23.3. The van der Waals surface area contributed by atoms with E-state index in [0.29, 0.717) is 13.2 Å². The van der Waals surface area contributed by atoms with E-state index < -0.39 is 22.2 Å². The number of hydrogen-bond acceptors (Lipinski definition) is 5. The lowest BCUT2D eigenvalue weighted by Gasteiger charge is -2.39. The molecule has 1 aromatic rings. The lowest BCUT2D eigenvalue weighted by molar-refractivity contribution is -0.192. The number of rotatable bonds is 5. The fraction of sp³-hybridized carbons (Fsp3) is 0.650. The zero-order valence-corrected chi connectivity index (χ0v) is 18.5. The number of likely N-dealkylation sites (tertiary alicyclic amines) is 1. The van der Waals surface area contributed by atoms with Crippen molar-refractivity contribution in [3.05, 3.63) is 35.9 Å². The Hall–Kier alpha value is -1.69. The molecule has 11 heteroatoms. The molecule has 1 spiro atoms. The Bertz CT molecular complexity index is 825. The molecule has 0 bridgehead atoms. The molecule has 1 N–H and O–H groups in total. The van der Waals surface area contributed by atoms with Crippen molar-refractivity contribution in [2.75, 3.05) is 39.6 Å². The second-order valence-electron chi connectivity index (χ2n) is 8.19. The van der Waals surface area contributed by atoms with E-state index in [-0.39, 0.29) is 11.5 Å². The Morgan fingerprint density at radius 1 is 1.23 bits per heavy atom. The van der Waals surface area contributed by atoms with Gasteiger partial charge >= 0.3 is 12.1 Å². The minimum absolute atomic E-state index is 0.00864. The van der Waals surface area contributed by atoms with E-state index in [4.69, 9.17) is 14.6 Å². The number of benzene rings is 1. The molecular weight excluding hydrogens is 437 g/mol. The molecule has 1 atom stereocenters. The van der Waals surface area contributed by atoms with Crippen molar-refractivity contribution in [1.82, 2.24) is 9.21 Å². The highest BCUT2D eigenvalue weighted by atomic mass is 32.2. The van der Waals surface area contributed by atoms with E-state index in [1.165, 1.54) is 11.8 Å². The largest absolute Gasteiger partial charge is 0.490 e. The Kier molecular flexibility index (Phi) is 8.48. The first-order valence-corrected chi connectivity index (χ1v) is 11.7. The molecule has 0 aliphatic carbocycles. The summed E-state index contributed by atoms with van der Waals surface area (Å²) in [6.07, 6.45) is -0.718. The minimum Gasteiger partial charge on any atom is -0.475 e. The van der Waals surface area contributed by atoms with Crippen LogP contribution in [0.25, 0.3) is 0 Å². The van der Waals surface area contributed by atoms with Gasteiger partial charge in [-0.15, -0.1) is 0 Å². The molecule has 0 aromatic heterocycles. The second-order valence-corrected chi connectivity index (χ2v) is 10.1. The van der Waals surface area contributed by atoms with Crippen molar-refractivity contribution >= 4 is 16.0 Å². The summed E-state index contributed by atoms with van der Waals surface area (Å²) in [7, 11) is -1.52. The van der Waals surface area contributed by atoms with Gasteiger partial charge in [-0.25, -0.2) is 13.2 Å². The number of ether oxygens (including phenoxy) is 1. The third-order valence-corrected chi connectivity index (χ3v) is 7.04. The molecule has 1 aromatic carbocycles. The zero-order valence-electron chi connectivity index (χ0n) is 17.6. The summed E-state index contributed by atoms with van der Waals surface area (Å²) in [5.41, 5.74) is 1.47. The van der Waals surface area contributed by atoms with Crippen LogP contribution in [0, 0.1) is 5.41 Å². The number of nitrogens with zero attached hydrogens (tertiary/aromatic N) is 2. The highest BCUT2D eigenvalue weighted by Crippen LogP contribution is 2.44. The molecule has 7 nitrogen and oxygen atoms in total. The van der Waals surface area contributed by atoms with Gasteiger partial charge in [-0.1, -0.05) is 30.3 Å². The van der Waals surface area contributed by atoms with Crippen LogP contribution in [-0.4, -0.2) is 80.5 Å². The molecule has 176 valence electrons. The van der Waals surface area contributed by atoms with Crippen LogP contribution in [0.15, 0.2) is 30.3 Å². The Morgan fingerprint density at radius 3 is 2.23 bits per heavy atom. The molecule has 0 saturated carbocycles. The maximum atomic E-state index is 12.1.